The van der Waals surface area contributed by atoms with Gasteiger partial charge in [-0.2, -0.15) is 0 Å². The highest BCUT2D eigenvalue weighted by molar-refractivity contribution is 9.10. The summed E-state index contributed by atoms with van der Waals surface area (Å²) in [7, 11) is 0. The molecule has 2 N–H and O–H groups in total. The van der Waals surface area contributed by atoms with Crippen molar-refractivity contribution < 1.29 is 9.52 Å². The Balaban J connectivity index is 2.78. The van der Waals surface area contributed by atoms with Crippen LogP contribution in [-0.4, -0.2) is 18.3 Å². The molecule has 0 spiro atoms. The average Bonchev–Trinajstić information content (AvgIpc) is 2.62. The molecule has 1 atom stereocenters. The van der Waals surface area contributed by atoms with Gasteiger partial charge in [-0.05, 0) is 48.0 Å². The molecule has 1 aromatic rings. The molecular formula is C10H16BrNO2. The molecule has 0 amide bonds. The SMILES string of the molecule is CCCNC(C)(CO)c1ccc(Br)o1. The van der Waals surface area contributed by atoms with E-state index >= 15 is 0 Å². The van der Waals surface area contributed by atoms with Gasteiger partial charge in [0.05, 0.1) is 12.1 Å². The summed E-state index contributed by atoms with van der Waals surface area (Å²) in [4.78, 5) is 0. The third kappa shape index (κ3) is 2.59. The molecule has 80 valence electrons. The van der Waals surface area contributed by atoms with Crippen LogP contribution in [0, 0.1) is 0 Å². The number of hydrogen-bond donors (Lipinski definition) is 2. The van der Waals surface area contributed by atoms with E-state index in [2.05, 4.69) is 28.2 Å². The molecule has 1 heterocycles. The second-order valence-electron chi connectivity index (χ2n) is 3.52. The topological polar surface area (TPSA) is 45.4 Å². The molecule has 14 heavy (non-hydrogen) atoms. The lowest BCUT2D eigenvalue weighted by atomic mass is 10.0. The fourth-order valence-electron chi connectivity index (χ4n) is 1.23. The van der Waals surface area contributed by atoms with E-state index in [-0.39, 0.29) is 6.61 Å². The van der Waals surface area contributed by atoms with Crippen LogP contribution in [0.2, 0.25) is 0 Å². The molecular weight excluding hydrogens is 246 g/mol. The fraction of sp³-hybridized carbons (Fsp3) is 0.600. The van der Waals surface area contributed by atoms with Gasteiger partial charge in [-0.15, -0.1) is 0 Å². The van der Waals surface area contributed by atoms with Gasteiger partial charge in [0.2, 0.25) is 0 Å². The highest BCUT2D eigenvalue weighted by Crippen LogP contribution is 2.25. The minimum Gasteiger partial charge on any atom is -0.452 e. The molecule has 1 rings (SSSR count). The first-order chi connectivity index (χ1) is 6.62. The molecule has 1 aromatic heterocycles. The summed E-state index contributed by atoms with van der Waals surface area (Å²) in [6, 6.07) is 3.69. The Morgan fingerprint density at radius 3 is 2.71 bits per heavy atom. The van der Waals surface area contributed by atoms with Crippen LogP contribution in [0.5, 0.6) is 0 Å². The summed E-state index contributed by atoms with van der Waals surface area (Å²) in [5, 5.41) is 12.6. The van der Waals surface area contributed by atoms with Gasteiger partial charge in [-0.3, -0.25) is 0 Å². The molecule has 4 heteroatoms. The standard InChI is InChI=1S/C10H16BrNO2/c1-3-6-12-10(2,7-13)8-4-5-9(11)14-8/h4-5,12-13H,3,6-7H2,1-2H3. The largest absolute Gasteiger partial charge is 0.452 e. The Morgan fingerprint density at radius 2 is 2.29 bits per heavy atom. The van der Waals surface area contributed by atoms with Crippen LogP contribution in [0.3, 0.4) is 0 Å². The van der Waals surface area contributed by atoms with Gasteiger partial charge in [-0.1, -0.05) is 6.92 Å². The van der Waals surface area contributed by atoms with Crippen LogP contribution in [0.1, 0.15) is 26.0 Å². The zero-order chi connectivity index (χ0) is 10.6. The van der Waals surface area contributed by atoms with Crippen LogP contribution in [0.15, 0.2) is 21.2 Å². The third-order valence-electron chi connectivity index (χ3n) is 2.20. The normalized spacial score (nSPS) is 15.4. The molecule has 0 saturated carbocycles. The average molecular weight is 262 g/mol. The van der Waals surface area contributed by atoms with Gasteiger partial charge in [0.1, 0.15) is 5.76 Å². The van der Waals surface area contributed by atoms with E-state index in [4.69, 9.17) is 4.42 Å². The Kier molecular flexibility index (Phi) is 4.16. The second-order valence-corrected chi connectivity index (χ2v) is 4.30. The van der Waals surface area contributed by atoms with E-state index in [1.54, 1.807) is 0 Å². The van der Waals surface area contributed by atoms with Crippen molar-refractivity contribution in [3.05, 3.63) is 22.6 Å². The number of furan rings is 1. The molecule has 0 aliphatic rings. The van der Waals surface area contributed by atoms with Crippen molar-refractivity contribution in [2.24, 2.45) is 0 Å². The molecule has 1 unspecified atom stereocenters. The minimum absolute atomic E-state index is 0.0208. The number of rotatable bonds is 5. The van der Waals surface area contributed by atoms with Crippen LogP contribution < -0.4 is 5.32 Å². The molecule has 0 aliphatic carbocycles. The van der Waals surface area contributed by atoms with Crippen molar-refractivity contribution in [1.82, 2.24) is 5.32 Å². The second kappa shape index (κ2) is 4.96. The number of hydrogen-bond acceptors (Lipinski definition) is 3. The molecule has 0 radical (unpaired) electrons. The summed E-state index contributed by atoms with van der Waals surface area (Å²) in [6.45, 7) is 4.89. The van der Waals surface area contributed by atoms with Gasteiger partial charge < -0.3 is 14.8 Å². The van der Waals surface area contributed by atoms with E-state index in [0.717, 1.165) is 18.7 Å². The minimum atomic E-state index is -0.484. The Bertz CT molecular complexity index is 287. The van der Waals surface area contributed by atoms with E-state index in [1.165, 1.54) is 0 Å². The quantitative estimate of drug-likeness (QED) is 0.855. The zero-order valence-electron chi connectivity index (χ0n) is 8.51. The van der Waals surface area contributed by atoms with Crippen molar-refractivity contribution >= 4 is 15.9 Å². The zero-order valence-corrected chi connectivity index (χ0v) is 10.1. The van der Waals surface area contributed by atoms with E-state index in [0.29, 0.717) is 4.67 Å². The summed E-state index contributed by atoms with van der Waals surface area (Å²) < 4.78 is 6.12. The molecule has 3 nitrogen and oxygen atoms in total. The first kappa shape index (κ1) is 11.8. The summed E-state index contributed by atoms with van der Waals surface area (Å²) in [5.41, 5.74) is -0.484. The van der Waals surface area contributed by atoms with E-state index in [1.807, 2.05) is 19.1 Å². The molecule has 0 aliphatic heterocycles. The van der Waals surface area contributed by atoms with Crippen LogP contribution >= 0.6 is 15.9 Å². The van der Waals surface area contributed by atoms with Crippen molar-refractivity contribution in [1.29, 1.82) is 0 Å². The molecule has 0 saturated heterocycles. The maximum absolute atomic E-state index is 9.34. The van der Waals surface area contributed by atoms with E-state index < -0.39 is 5.54 Å². The van der Waals surface area contributed by atoms with Gasteiger partial charge in [0.25, 0.3) is 0 Å². The van der Waals surface area contributed by atoms with Gasteiger partial charge >= 0.3 is 0 Å². The lowest BCUT2D eigenvalue weighted by Crippen LogP contribution is -2.42. The summed E-state index contributed by atoms with van der Waals surface area (Å²) in [6.07, 6.45) is 1.03. The maximum atomic E-state index is 9.34. The van der Waals surface area contributed by atoms with Crippen molar-refractivity contribution in [2.45, 2.75) is 25.8 Å². The van der Waals surface area contributed by atoms with E-state index in [9.17, 15) is 5.11 Å². The first-order valence-electron chi connectivity index (χ1n) is 4.74. The van der Waals surface area contributed by atoms with Crippen molar-refractivity contribution in [3.63, 3.8) is 0 Å². The fourth-order valence-corrected chi connectivity index (χ4v) is 1.54. The van der Waals surface area contributed by atoms with Gasteiger partial charge in [0.15, 0.2) is 4.67 Å². The number of halogens is 1. The molecule has 0 aromatic carbocycles. The summed E-state index contributed by atoms with van der Waals surface area (Å²) in [5.74, 6) is 0.750. The lowest BCUT2D eigenvalue weighted by Gasteiger charge is -2.26. The van der Waals surface area contributed by atoms with Crippen LogP contribution in [-0.2, 0) is 5.54 Å². The highest BCUT2D eigenvalue weighted by Gasteiger charge is 2.28. The van der Waals surface area contributed by atoms with Gasteiger partial charge in [-0.25, -0.2) is 0 Å². The van der Waals surface area contributed by atoms with Crippen LogP contribution in [0.4, 0.5) is 0 Å². The Hall–Kier alpha value is -0.320. The number of aliphatic hydroxyl groups is 1. The van der Waals surface area contributed by atoms with Crippen LogP contribution in [0.25, 0.3) is 0 Å². The molecule has 0 bridgehead atoms. The van der Waals surface area contributed by atoms with Gasteiger partial charge in [0, 0.05) is 0 Å². The number of nitrogens with one attached hydrogen (secondary N) is 1. The highest BCUT2D eigenvalue weighted by atomic mass is 79.9. The van der Waals surface area contributed by atoms with Crippen molar-refractivity contribution in [2.75, 3.05) is 13.2 Å². The lowest BCUT2D eigenvalue weighted by molar-refractivity contribution is 0.152. The van der Waals surface area contributed by atoms with Crippen molar-refractivity contribution in [3.8, 4) is 0 Å². The predicted molar refractivity (Wildman–Crippen MR) is 59.1 cm³/mol. The third-order valence-corrected chi connectivity index (χ3v) is 2.62. The first-order valence-corrected chi connectivity index (χ1v) is 5.53. The molecule has 0 fully saturated rings. The number of aliphatic hydroxyl groups excluding tert-OH is 1. The predicted octanol–water partition coefficient (Wildman–Crippen LogP) is 2.25. The summed E-state index contributed by atoms with van der Waals surface area (Å²) >= 11 is 3.25. The maximum Gasteiger partial charge on any atom is 0.169 e. The Labute approximate surface area is 92.6 Å². The Morgan fingerprint density at radius 1 is 1.57 bits per heavy atom. The monoisotopic (exact) mass is 261 g/mol. The smallest absolute Gasteiger partial charge is 0.169 e.